The summed E-state index contributed by atoms with van der Waals surface area (Å²) in [5.74, 6) is 0. The highest BCUT2D eigenvalue weighted by Crippen LogP contribution is 2.49. The third-order valence-electron chi connectivity index (χ3n) is 17.3. The van der Waals surface area contributed by atoms with Crippen molar-refractivity contribution >= 4 is 111 Å². The lowest BCUT2D eigenvalue weighted by atomic mass is 9.33. The second kappa shape index (κ2) is 17.8. The zero-order chi connectivity index (χ0) is 53.2. The Labute approximate surface area is 467 Å². The summed E-state index contributed by atoms with van der Waals surface area (Å²) < 4.78 is 2.47. The van der Waals surface area contributed by atoms with E-state index in [0.29, 0.717) is 0 Å². The number of nitrogens with zero attached hydrogens (tertiary/aromatic N) is 3. The van der Waals surface area contributed by atoms with E-state index < -0.39 is 0 Å². The monoisotopic (exact) mass is 1020 g/mol. The van der Waals surface area contributed by atoms with Crippen molar-refractivity contribution in [3.63, 3.8) is 0 Å². The van der Waals surface area contributed by atoms with Crippen molar-refractivity contribution < 1.29 is 0 Å². The van der Waals surface area contributed by atoms with Crippen LogP contribution >= 0.6 is 0 Å². The average Bonchev–Trinajstić information content (AvgIpc) is 4.00. The van der Waals surface area contributed by atoms with Crippen LogP contribution in [-0.2, 0) is 5.41 Å². The molecule has 80 heavy (non-hydrogen) atoms. The molecule has 0 N–H and O–H groups in total. The molecule has 0 unspecified atom stereocenters. The fourth-order valence-corrected chi connectivity index (χ4v) is 13.5. The van der Waals surface area contributed by atoms with Crippen LogP contribution in [0.4, 0.5) is 34.1 Å². The molecule has 16 rings (SSSR count). The summed E-state index contributed by atoms with van der Waals surface area (Å²) in [5.41, 5.74) is 22.7. The number of para-hydroxylation sites is 2. The van der Waals surface area contributed by atoms with E-state index in [0.717, 1.165) is 28.3 Å². The molecule has 1 aromatic heterocycles. The van der Waals surface area contributed by atoms with Crippen LogP contribution in [0.3, 0.4) is 0 Å². The van der Waals surface area contributed by atoms with Gasteiger partial charge in [0.1, 0.15) is 0 Å². The van der Waals surface area contributed by atoms with Crippen LogP contribution in [0.25, 0.3) is 93.2 Å². The standard InChI is InChI=1S/C76H54BN3/c1-76(2,3)55-35-30-52(31-36-55)54-45-73-75-74(46-54)80(57-39-41-63-61-24-11-10-22-59(61)60-23-12-13-25-62(60)66(63)47-57)72-48-58(79-69-28-16-14-26-64(69)65-27-15-17-29-70(65)79)40-42-67(72)77(75)68-44-53(50-20-8-5-9-21-50)34-43-71(68)78(73)56-37-32-51(33-38-56)49-18-6-4-7-19-49/h4-48H,1-3H3. The van der Waals surface area contributed by atoms with Crippen molar-refractivity contribution in [1.82, 2.24) is 4.57 Å². The molecule has 3 heterocycles. The molecule has 0 fully saturated rings. The minimum Gasteiger partial charge on any atom is -0.311 e. The first-order valence-electron chi connectivity index (χ1n) is 28.0. The van der Waals surface area contributed by atoms with Gasteiger partial charge in [-0.05, 0) is 160 Å². The molecule has 13 aromatic carbocycles. The maximum atomic E-state index is 2.61. The molecule has 14 aromatic rings. The normalized spacial score (nSPS) is 12.9. The van der Waals surface area contributed by atoms with E-state index in [1.807, 2.05) is 0 Å². The Morgan fingerprint density at radius 2 is 0.725 bits per heavy atom. The maximum Gasteiger partial charge on any atom is 0.252 e. The second-order valence-corrected chi connectivity index (χ2v) is 22.8. The van der Waals surface area contributed by atoms with Gasteiger partial charge in [-0.1, -0.05) is 227 Å². The van der Waals surface area contributed by atoms with E-state index >= 15 is 0 Å². The smallest absolute Gasteiger partial charge is 0.252 e. The summed E-state index contributed by atoms with van der Waals surface area (Å²) in [7, 11) is 0. The number of anilines is 6. The van der Waals surface area contributed by atoms with Crippen molar-refractivity contribution in [2.45, 2.75) is 26.2 Å². The van der Waals surface area contributed by atoms with Crippen molar-refractivity contribution in [3.8, 4) is 39.1 Å². The minimum atomic E-state index is -0.112. The van der Waals surface area contributed by atoms with Crippen molar-refractivity contribution in [2.24, 2.45) is 0 Å². The van der Waals surface area contributed by atoms with E-state index in [1.165, 1.54) is 121 Å². The van der Waals surface area contributed by atoms with Gasteiger partial charge in [0.15, 0.2) is 0 Å². The lowest BCUT2D eigenvalue weighted by Crippen LogP contribution is -2.61. The van der Waals surface area contributed by atoms with E-state index in [4.69, 9.17) is 0 Å². The molecule has 0 saturated heterocycles. The molecule has 3 nitrogen and oxygen atoms in total. The molecule has 0 radical (unpaired) electrons. The summed E-state index contributed by atoms with van der Waals surface area (Å²) in [4.78, 5) is 5.16. The number of hydrogen-bond donors (Lipinski definition) is 0. The van der Waals surface area contributed by atoms with Crippen molar-refractivity contribution in [1.29, 1.82) is 0 Å². The number of aromatic nitrogens is 1. The van der Waals surface area contributed by atoms with Gasteiger partial charge in [0, 0.05) is 50.6 Å². The molecule has 0 amide bonds. The van der Waals surface area contributed by atoms with Crippen LogP contribution in [-0.4, -0.2) is 11.3 Å². The van der Waals surface area contributed by atoms with Crippen LogP contribution in [0.2, 0.25) is 0 Å². The fraction of sp³-hybridized carbons (Fsp3) is 0.0526. The first-order chi connectivity index (χ1) is 39.3. The van der Waals surface area contributed by atoms with Gasteiger partial charge in [-0.2, -0.15) is 0 Å². The number of fused-ring (bicyclic) bond motifs is 13. The molecule has 0 aliphatic carbocycles. The summed E-state index contributed by atoms with van der Waals surface area (Å²) in [6.07, 6.45) is 0. The Bertz CT molecular complexity index is 4710. The Hall–Kier alpha value is -9.90. The fourth-order valence-electron chi connectivity index (χ4n) is 13.5. The Balaban J connectivity index is 1.02. The van der Waals surface area contributed by atoms with Gasteiger partial charge >= 0.3 is 0 Å². The Morgan fingerprint density at radius 3 is 1.32 bits per heavy atom. The van der Waals surface area contributed by atoms with Gasteiger partial charge in [-0.15, -0.1) is 0 Å². The number of benzene rings is 13. The van der Waals surface area contributed by atoms with Crippen LogP contribution in [0.1, 0.15) is 26.3 Å². The van der Waals surface area contributed by atoms with E-state index in [9.17, 15) is 0 Å². The predicted molar refractivity (Wildman–Crippen MR) is 342 cm³/mol. The van der Waals surface area contributed by atoms with E-state index in [1.54, 1.807) is 0 Å². The number of rotatable bonds is 6. The quantitative estimate of drug-likeness (QED) is 0.121. The molecular formula is C76H54BN3. The van der Waals surface area contributed by atoms with Gasteiger partial charge in [0.2, 0.25) is 0 Å². The zero-order valence-electron chi connectivity index (χ0n) is 44.9. The zero-order valence-corrected chi connectivity index (χ0v) is 44.9. The lowest BCUT2D eigenvalue weighted by molar-refractivity contribution is 0.590. The summed E-state index contributed by atoms with van der Waals surface area (Å²) in [6, 6.07) is 102. The van der Waals surface area contributed by atoms with Crippen molar-refractivity contribution in [2.75, 3.05) is 9.80 Å². The SMILES string of the molecule is CC(C)(C)c1ccc(-c2cc3c4c(c2)N(c2ccc5c6ccccc6c6ccccc6c5c2)c2cc(-n5c6ccccc6c6ccccc65)ccc2B4c2cc(-c4ccccc4)ccc2N3c2ccc(-c3ccccc3)cc2)cc1. The van der Waals surface area contributed by atoms with Crippen LogP contribution < -0.4 is 26.2 Å². The highest BCUT2D eigenvalue weighted by Gasteiger charge is 2.44. The molecule has 0 bridgehead atoms. The second-order valence-electron chi connectivity index (χ2n) is 22.8. The summed E-state index contributed by atoms with van der Waals surface area (Å²) >= 11 is 0. The van der Waals surface area contributed by atoms with Crippen LogP contribution in [0, 0.1) is 0 Å². The summed E-state index contributed by atoms with van der Waals surface area (Å²) in [5, 5.41) is 10.0. The molecule has 0 atom stereocenters. The minimum absolute atomic E-state index is 0.0127. The van der Waals surface area contributed by atoms with Gasteiger partial charge in [0.05, 0.1) is 11.0 Å². The Kier molecular flexibility index (Phi) is 10.3. The van der Waals surface area contributed by atoms with Gasteiger partial charge in [0.25, 0.3) is 6.71 Å². The third kappa shape index (κ3) is 7.15. The topological polar surface area (TPSA) is 11.4 Å². The molecule has 0 saturated carbocycles. The molecule has 2 aliphatic heterocycles. The summed E-state index contributed by atoms with van der Waals surface area (Å²) in [6.45, 7) is 6.78. The lowest BCUT2D eigenvalue weighted by Gasteiger charge is -2.44. The average molecular weight is 1020 g/mol. The van der Waals surface area contributed by atoms with Crippen molar-refractivity contribution in [3.05, 3.63) is 279 Å². The third-order valence-corrected chi connectivity index (χ3v) is 17.3. The molecule has 2 aliphatic rings. The predicted octanol–water partition coefficient (Wildman–Crippen LogP) is 18.6. The first kappa shape index (κ1) is 46.2. The molecule has 0 spiro atoms. The molecular weight excluding hydrogens is 966 g/mol. The first-order valence-corrected chi connectivity index (χ1v) is 28.0. The maximum absolute atomic E-state index is 2.61. The largest absolute Gasteiger partial charge is 0.311 e. The molecule has 4 heteroatoms. The highest BCUT2D eigenvalue weighted by molar-refractivity contribution is 7.00. The van der Waals surface area contributed by atoms with E-state index in [2.05, 4.69) is 308 Å². The van der Waals surface area contributed by atoms with Gasteiger partial charge in [-0.3, -0.25) is 0 Å². The van der Waals surface area contributed by atoms with E-state index in [-0.39, 0.29) is 12.1 Å². The highest BCUT2D eigenvalue weighted by atomic mass is 15.2. The number of hydrogen-bond acceptors (Lipinski definition) is 2. The molecule has 376 valence electrons. The van der Waals surface area contributed by atoms with Gasteiger partial charge < -0.3 is 14.4 Å². The van der Waals surface area contributed by atoms with Crippen LogP contribution in [0.5, 0.6) is 0 Å². The Morgan fingerprint density at radius 1 is 0.275 bits per heavy atom. The van der Waals surface area contributed by atoms with Gasteiger partial charge in [-0.25, -0.2) is 0 Å². The van der Waals surface area contributed by atoms with Crippen LogP contribution in [0.15, 0.2) is 273 Å².